The molecular formula is C45H30N3O-. The van der Waals surface area contributed by atoms with Crippen molar-refractivity contribution in [2.75, 3.05) is 11.4 Å². The molecule has 0 amide bonds. The van der Waals surface area contributed by atoms with Crippen LogP contribution in [0.3, 0.4) is 0 Å². The maximum atomic E-state index is 6.33. The summed E-state index contributed by atoms with van der Waals surface area (Å²) >= 11 is 0. The molecule has 0 unspecified atom stereocenters. The quantitative estimate of drug-likeness (QED) is 0.190. The van der Waals surface area contributed by atoms with E-state index in [9.17, 15) is 0 Å². The lowest BCUT2D eigenvalue weighted by atomic mass is 10.0. The average Bonchev–Trinajstić information content (AvgIpc) is 3.70. The summed E-state index contributed by atoms with van der Waals surface area (Å²) in [6, 6.07) is 56.6. The summed E-state index contributed by atoms with van der Waals surface area (Å²) in [5, 5.41) is 10.7. The standard InChI is InChI=1S/C45H30N3O/c1-2-11-34(12-3-1)48-41-14-7-6-13-38(41)40-28-36(23-25-42(40)48)47(37-22-24-39-44(29-37)49-43-15-8-26-46-45(39)43)35-20-18-31(19-21-35)33-17-16-30-9-4-5-10-32(30)27-33/h1-25,27-29H,26H2/q-1. The monoisotopic (exact) mass is 628 g/mol. The summed E-state index contributed by atoms with van der Waals surface area (Å²) in [6.07, 6.45) is 4.07. The van der Waals surface area contributed by atoms with E-state index in [0.29, 0.717) is 6.54 Å². The Labute approximate surface area is 283 Å². The van der Waals surface area contributed by atoms with Crippen LogP contribution in [0.5, 0.6) is 0 Å². The van der Waals surface area contributed by atoms with E-state index >= 15 is 0 Å². The van der Waals surface area contributed by atoms with Gasteiger partial charge in [-0.15, -0.1) is 6.54 Å². The summed E-state index contributed by atoms with van der Waals surface area (Å²) in [5.41, 5.74) is 10.8. The van der Waals surface area contributed by atoms with Crippen molar-refractivity contribution < 1.29 is 4.42 Å². The molecule has 1 aliphatic heterocycles. The zero-order valence-electron chi connectivity index (χ0n) is 26.6. The predicted molar refractivity (Wildman–Crippen MR) is 205 cm³/mol. The van der Waals surface area contributed by atoms with Crippen LogP contribution in [0.15, 0.2) is 168 Å². The van der Waals surface area contributed by atoms with Gasteiger partial charge in [-0.05, 0) is 88.6 Å². The van der Waals surface area contributed by atoms with Crippen molar-refractivity contribution in [2.24, 2.45) is 0 Å². The molecule has 10 rings (SSSR count). The Hall–Kier alpha value is -6.52. The molecule has 0 aliphatic carbocycles. The normalized spacial score (nSPS) is 12.5. The molecule has 4 heteroatoms. The molecule has 1 aliphatic rings. The number of rotatable bonds is 5. The highest BCUT2D eigenvalue weighted by Crippen LogP contribution is 2.44. The number of aromatic nitrogens is 1. The highest BCUT2D eigenvalue weighted by Gasteiger charge is 2.19. The minimum atomic E-state index is 0.676. The van der Waals surface area contributed by atoms with Crippen LogP contribution in [-0.2, 0) is 0 Å². The van der Waals surface area contributed by atoms with Crippen molar-refractivity contribution in [2.45, 2.75) is 0 Å². The van der Waals surface area contributed by atoms with E-state index in [-0.39, 0.29) is 0 Å². The number of hydrogen-bond acceptors (Lipinski definition) is 2. The number of benzene rings is 7. The van der Waals surface area contributed by atoms with E-state index in [0.717, 1.165) is 45.2 Å². The zero-order chi connectivity index (χ0) is 32.3. The van der Waals surface area contributed by atoms with Gasteiger partial charge in [-0.25, -0.2) is 0 Å². The third kappa shape index (κ3) is 4.53. The molecule has 7 aromatic carbocycles. The highest BCUT2D eigenvalue weighted by molar-refractivity contribution is 6.11. The third-order valence-corrected chi connectivity index (χ3v) is 9.69. The van der Waals surface area contributed by atoms with Crippen molar-refractivity contribution in [3.63, 3.8) is 0 Å². The van der Waals surface area contributed by atoms with E-state index in [4.69, 9.17) is 9.73 Å². The third-order valence-electron chi connectivity index (χ3n) is 9.69. The number of fused-ring (bicyclic) bond motifs is 7. The van der Waals surface area contributed by atoms with E-state index < -0.39 is 0 Å². The minimum Gasteiger partial charge on any atom is -0.678 e. The molecule has 0 saturated carbocycles. The van der Waals surface area contributed by atoms with Crippen molar-refractivity contribution >= 4 is 72.4 Å². The number of hydrogen-bond donors (Lipinski definition) is 0. The molecule has 0 atom stereocenters. The van der Waals surface area contributed by atoms with Gasteiger partial charge in [0.1, 0.15) is 11.3 Å². The largest absolute Gasteiger partial charge is 0.678 e. The molecule has 4 nitrogen and oxygen atoms in total. The molecule has 0 bridgehead atoms. The molecule has 232 valence electrons. The van der Waals surface area contributed by atoms with Gasteiger partial charge in [-0.2, -0.15) is 0 Å². The number of para-hydroxylation sites is 2. The minimum absolute atomic E-state index is 0.676. The summed E-state index contributed by atoms with van der Waals surface area (Å²) in [7, 11) is 0. The maximum absolute atomic E-state index is 6.33. The topological polar surface area (TPSA) is 35.4 Å². The van der Waals surface area contributed by atoms with E-state index in [2.05, 4.69) is 167 Å². The second-order valence-corrected chi connectivity index (χ2v) is 12.6. The first-order valence-corrected chi connectivity index (χ1v) is 16.7. The Morgan fingerprint density at radius 2 is 1.24 bits per heavy atom. The van der Waals surface area contributed by atoms with Gasteiger partial charge in [0.2, 0.25) is 0 Å². The SMILES string of the molecule is C1=Cc2oc3cc(N(c4ccc(-c5ccc6ccccc6c5)cc4)c4ccc5c(c4)c4ccccc4n5-c4ccccc4)ccc3c2[N-]C1. The van der Waals surface area contributed by atoms with Gasteiger partial charge < -0.3 is 19.2 Å². The Morgan fingerprint density at radius 1 is 0.531 bits per heavy atom. The summed E-state index contributed by atoms with van der Waals surface area (Å²) < 4.78 is 8.69. The Kier molecular flexibility index (Phi) is 6.21. The molecular weight excluding hydrogens is 599 g/mol. The molecule has 3 heterocycles. The molecule has 0 radical (unpaired) electrons. The van der Waals surface area contributed by atoms with E-state index in [1.165, 1.54) is 43.7 Å². The second-order valence-electron chi connectivity index (χ2n) is 12.6. The number of anilines is 3. The van der Waals surface area contributed by atoms with Crippen LogP contribution in [0, 0.1) is 0 Å². The molecule has 0 saturated heterocycles. The van der Waals surface area contributed by atoms with Crippen molar-refractivity contribution in [3.8, 4) is 16.8 Å². The zero-order valence-corrected chi connectivity index (χ0v) is 26.6. The average molecular weight is 629 g/mol. The molecule has 2 aromatic heterocycles. The van der Waals surface area contributed by atoms with Crippen LogP contribution in [0.25, 0.3) is 71.8 Å². The summed E-state index contributed by atoms with van der Waals surface area (Å²) in [6.45, 7) is 0.676. The van der Waals surface area contributed by atoms with Crippen LogP contribution in [0.4, 0.5) is 22.7 Å². The number of nitrogens with zero attached hydrogens (tertiary/aromatic N) is 3. The van der Waals surface area contributed by atoms with Crippen LogP contribution in [0.1, 0.15) is 5.76 Å². The first-order valence-electron chi connectivity index (χ1n) is 16.7. The fourth-order valence-electron chi connectivity index (χ4n) is 7.38. The smallest absolute Gasteiger partial charge is 0.135 e. The molecule has 0 N–H and O–H groups in total. The molecule has 0 spiro atoms. The fourth-order valence-corrected chi connectivity index (χ4v) is 7.38. The van der Waals surface area contributed by atoms with Gasteiger partial charge in [-0.1, -0.05) is 103 Å². The number of furan rings is 1. The van der Waals surface area contributed by atoms with Crippen LogP contribution >= 0.6 is 0 Å². The van der Waals surface area contributed by atoms with Crippen LogP contribution in [-0.4, -0.2) is 11.1 Å². The van der Waals surface area contributed by atoms with Crippen LogP contribution in [0.2, 0.25) is 0 Å². The van der Waals surface area contributed by atoms with E-state index in [1.807, 2.05) is 12.2 Å². The molecule has 0 fully saturated rings. The molecule has 9 aromatic rings. The van der Waals surface area contributed by atoms with Gasteiger partial charge in [-0.3, -0.25) is 0 Å². The lowest BCUT2D eigenvalue weighted by Gasteiger charge is -2.26. The van der Waals surface area contributed by atoms with Crippen molar-refractivity contribution in [3.05, 3.63) is 175 Å². The predicted octanol–water partition coefficient (Wildman–Crippen LogP) is 12.9. The first-order chi connectivity index (χ1) is 24.3. The van der Waals surface area contributed by atoms with Crippen LogP contribution < -0.4 is 4.90 Å². The Balaban J connectivity index is 1.15. The van der Waals surface area contributed by atoms with Gasteiger partial charge >= 0.3 is 0 Å². The van der Waals surface area contributed by atoms with Gasteiger partial charge in [0.25, 0.3) is 0 Å². The lowest BCUT2D eigenvalue weighted by Crippen LogP contribution is -2.09. The Morgan fingerprint density at radius 3 is 2.14 bits per heavy atom. The second kappa shape index (κ2) is 11.0. The maximum Gasteiger partial charge on any atom is 0.135 e. The van der Waals surface area contributed by atoms with Gasteiger partial charge in [0.05, 0.1) is 11.0 Å². The lowest BCUT2D eigenvalue weighted by molar-refractivity contribution is 0.605. The van der Waals surface area contributed by atoms with Crippen molar-refractivity contribution in [1.29, 1.82) is 0 Å². The van der Waals surface area contributed by atoms with Gasteiger partial charge in [0.15, 0.2) is 0 Å². The van der Waals surface area contributed by atoms with Crippen molar-refractivity contribution in [1.82, 2.24) is 4.57 Å². The molecule has 49 heavy (non-hydrogen) atoms. The summed E-state index contributed by atoms with van der Waals surface area (Å²) in [4.78, 5) is 2.33. The van der Waals surface area contributed by atoms with Gasteiger partial charge in [0, 0.05) is 45.0 Å². The first kappa shape index (κ1) is 27.6. The summed E-state index contributed by atoms with van der Waals surface area (Å²) in [5.74, 6) is 0.819. The highest BCUT2D eigenvalue weighted by atomic mass is 16.3. The van der Waals surface area contributed by atoms with E-state index in [1.54, 1.807) is 0 Å². The Bertz CT molecular complexity index is 2720. The fraction of sp³-hybridized carbons (Fsp3) is 0.0222.